The topological polar surface area (TPSA) is 29.9 Å². The molecule has 16 heavy (non-hydrogen) atoms. The van der Waals surface area contributed by atoms with Gasteiger partial charge in [0.1, 0.15) is 0 Å². The van der Waals surface area contributed by atoms with E-state index in [0.29, 0.717) is 16.4 Å². The van der Waals surface area contributed by atoms with E-state index >= 15 is 0 Å². The summed E-state index contributed by atoms with van der Waals surface area (Å²) in [6, 6.07) is 5.77. The van der Waals surface area contributed by atoms with E-state index in [2.05, 4.69) is 4.98 Å². The maximum Gasteiger partial charge on any atom is 0.178 e. The molecule has 0 unspecified atom stereocenters. The number of nitrogens with zero attached hydrogens (tertiary/aromatic N) is 1. The van der Waals surface area contributed by atoms with E-state index in [4.69, 9.17) is 28.6 Å². The van der Waals surface area contributed by atoms with E-state index in [0.717, 1.165) is 24.2 Å². The number of aromatic amines is 1. The van der Waals surface area contributed by atoms with Gasteiger partial charge in [-0.3, -0.25) is 0 Å². The standard InChI is InChI=1S/C11H13ClN2OS/c1-2-15-7-6-14-9-5-3-4-8(12)10(9)13-11(14)16/h3-5H,2,6-7H2,1H3,(H,13,16). The molecule has 2 aromatic rings. The number of para-hydroxylation sites is 1. The highest BCUT2D eigenvalue weighted by atomic mass is 35.5. The van der Waals surface area contributed by atoms with Crippen molar-refractivity contribution in [1.29, 1.82) is 0 Å². The number of benzene rings is 1. The molecular weight excluding hydrogens is 244 g/mol. The van der Waals surface area contributed by atoms with Crippen LogP contribution in [0.2, 0.25) is 5.02 Å². The van der Waals surface area contributed by atoms with Crippen LogP contribution in [0.4, 0.5) is 0 Å². The Labute approximate surface area is 104 Å². The number of aromatic nitrogens is 2. The Morgan fingerprint density at radius 1 is 1.50 bits per heavy atom. The summed E-state index contributed by atoms with van der Waals surface area (Å²) < 4.78 is 8.02. The summed E-state index contributed by atoms with van der Waals surface area (Å²) in [5.74, 6) is 0. The average molecular weight is 257 g/mol. The van der Waals surface area contributed by atoms with Crippen LogP contribution in [0.5, 0.6) is 0 Å². The quantitative estimate of drug-likeness (QED) is 0.671. The molecule has 1 aromatic carbocycles. The fourth-order valence-electron chi connectivity index (χ4n) is 1.67. The zero-order valence-corrected chi connectivity index (χ0v) is 10.6. The van der Waals surface area contributed by atoms with Gasteiger partial charge >= 0.3 is 0 Å². The summed E-state index contributed by atoms with van der Waals surface area (Å²) in [5.41, 5.74) is 1.92. The van der Waals surface area contributed by atoms with Crippen LogP contribution in [-0.2, 0) is 11.3 Å². The number of ether oxygens (including phenoxy) is 1. The van der Waals surface area contributed by atoms with Crippen molar-refractivity contribution >= 4 is 34.9 Å². The molecule has 0 aliphatic rings. The maximum absolute atomic E-state index is 6.08. The van der Waals surface area contributed by atoms with Gasteiger partial charge in [0.2, 0.25) is 0 Å². The zero-order chi connectivity index (χ0) is 11.5. The third-order valence-electron chi connectivity index (χ3n) is 2.42. The van der Waals surface area contributed by atoms with Crippen LogP contribution in [0.3, 0.4) is 0 Å². The van der Waals surface area contributed by atoms with Gasteiger partial charge in [-0.1, -0.05) is 17.7 Å². The molecule has 0 fully saturated rings. The van der Waals surface area contributed by atoms with E-state index in [1.807, 2.05) is 29.7 Å². The molecule has 0 bridgehead atoms. The molecule has 1 heterocycles. The van der Waals surface area contributed by atoms with Crippen molar-refractivity contribution in [3.05, 3.63) is 28.0 Å². The van der Waals surface area contributed by atoms with Gasteiger partial charge in [-0.05, 0) is 31.3 Å². The minimum absolute atomic E-state index is 0.657. The lowest BCUT2D eigenvalue weighted by Gasteiger charge is -2.04. The first-order chi connectivity index (χ1) is 7.74. The minimum atomic E-state index is 0.657. The number of rotatable bonds is 4. The Bertz CT molecular complexity index is 546. The number of imidazole rings is 1. The minimum Gasteiger partial charge on any atom is -0.380 e. The molecule has 0 saturated carbocycles. The van der Waals surface area contributed by atoms with Gasteiger partial charge in [0.05, 0.1) is 22.7 Å². The first-order valence-electron chi connectivity index (χ1n) is 5.19. The Balaban J connectivity index is 2.40. The number of fused-ring (bicyclic) bond motifs is 1. The van der Waals surface area contributed by atoms with Crippen molar-refractivity contribution < 1.29 is 4.74 Å². The fourth-order valence-corrected chi connectivity index (χ4v) is 2.18. The predicted molar refractivity (Wildman–Crippen MR) is 68.6 cm³/mol. The summed E-state index contributed by atoms with van der Waals surface area (Å²) in [7, 11) is 0. The molecule has 0 radical (unpaired) electrons. The molecule has 5 heteroatoms. The fraction of sp³-hybridized carbons (Fsp3) is 0.364. The highest BCUT2D eigenvalue weighted by molar-refractivity contribution is 7.71. The van der Waals surface area contributed by atoms with E-state index < -0.39 is 0 Å². The van der Waals surface area contributed by atoms with Crippen LogP contribution < -0.4 is 0 Å². The lowest BCUT2D eigenvalue weighted by atomic mass is 10.3. The first-order valence-corrected chi connectivity index (χ1v) is 5.97. The van der Waals surface area contributed by atoms with Gasteiger partial charge in [0, 0.05) is 13.2 Å². The maximum atomic E-state index is 6.08. The van der Waals surface area contributed by atoms with E-state index in [9.17, 15) is 0 Å². The van der Waals surface area contributed by atoms with E-state index in [1.54, 1.807) is 0 Å². The van der Waals surface area contributed by atoms with Gasteiger partial charge < -0.3 is 14.3 Å². The van der Waals surface area contributed by atoms with Crippen LogP contribution in [0.15, 0.2) is 18.2 Å². The molecule has 0 aliphatic carbocycles. The Kier molecular flexibility index (Phi) is 3.63. The largest absolute Gasteiger partial charge is 0.380 e. The van der Waals surface area contributed by atoms with Crippen LogP contribution in [0, 0.1) is 4.77 Å². The van der Waals surface area contributed by atoms with Crippen molar-refractivity contribution in [3.63, 3.8) is 0 Å². The van der Waals surface area contributed by atoms with Crippen LogP contribution in [0.1, 0.15) is 6.92 Å². The number of hydrogen-bond acceptors (Lipinski definition) is 2. The predicted octanol–water partition coefficient (Wildman–Crippen LogP) is 3.39. The number of nitrogens with one attached hydrogen (secondary N) is 1. The molecule has 1 aromatic heterocycles. The van der Waals surface area contributed by atoms with E-state index in [-0.39, 0.29) is 0 Å². The van der Waals surface area contributed by atoms with Gasteiger partial charge in [-0.2, -0.15) is 0 Å². The molecular formula is C11H13ClN2OS. The monoisotopic (exact) mass is 256 g/mol. The number of halogens is 1. The van der Waals surface area contributed by atoms with E-state index in [1.165, 1.54) is 0 Å². The Morgan fingerprint density at radius 2 is 2.31 bits per heavy atom. The highest BCUT2D eigenvalue weighted by Gasteiger charge is 2.06. The smallest absolute Gasteiger partial charge is 0.178 e. The molecule has 1 N–H and O–H groups in total. The molecule has 0 amide bonds. The number of hydrogen-bond donors (Lipinski definition) is 1. The molecule has 0 aliphatic heterocycles. The average Bonchev–Trinajstić information content (AvgIpc) is 2.58. The molecule has 2 rings (SSSR count). The Morgan fingerprint density at radius 3 is 3.06 bits per heavy atom. The van der Waals surface area contributed by atoms with Crippen molar-refractivity contribution in [2.45, 2.75) is 13.5 Å². The third-order valence-corrected chi connectivity index (χ3v) is 3.06. The van der Waals surface area contributed by atoms with Crippen molar-refractivity contribution in [3.8, 4) is 0 Å². The molecule has 0 atom stereocenters. The second-order valence-corrected chi connectivity index (χ2v) is 4.21. The summed E-state index contributed by atoms with van der Waals surface area (Å²) in [6.45, 7) is 4.10. The molecule has 3 nitrogen and oxygen atoms in total. The second kappa shape index (κ2) is 4.99. The van der Waals surface area contributed by atoms with Gasteiger partial charge in [-0.25, -0.2) is 0 Å². The molecule has 0 saturated heterocycles. The van der Waals surface area contributed by atoms with Crippen LogP contribution in [0.25, 0.3) is 11.0 Å². The second-order valence-electron chi connectivity index (χ2n) is 3.41. The summed E-state index contributed by atoms with van der Waals surface area (Å²) in [4.78, 5) is 3.11. The SMILES string of the molecule is CCOCCn1c(=S)[nH]c2c(Cl)cccc21. The van der Waals surface area contributed by atoms with Gasteiger partial charge in [0.15, 0.2) is 4.77 Å². The lowest BCUT2D eigenvalue weighted by molar-refractivity contribution is 0.139. The number of H-pyrrole nitrogens is 1. The van der Waals surface area contributed by atoms with Crippen molar-refractivity contribution in [2.24, 2.45) is 0 Å². The summed E-state index contributed by atoms with van der Waals surface area (Å²) >= 11 is 11.3. The lowest BCUT2D eigenvalue weighted by Crippen LogP contribution is -2.05. The van der Waals surface area contributed by atoms with Crippen LogP contribution >= 0.6 is 23.8 Å². The van der Waals surface area contributed by atoms with Gasteiger partial charge in [0.25, 0.3) is 0 Å². The normalized spacial score (nSPS) is 11.1. The summed E-state index contributed by atoms with van der Waals surface area (Å²) in [5, 5.41) is 0.693. The van der Waals surface area contributed by atoms with Crippen molar-refractivity contribution in [2.75, 3.05) is 13.2 Å². The van der Waals surface area contributed by atoms with Gasteiger partial charge in [-0.15, -0.1) is 0 Å². The molecule has 86 valence electrons. The zero-order valence-electron chi connectivity index (χ0n) is 9.00. The highest BCUT2D eigenvalue weighted by Crippen LogP contribution is 2.22. The Hall–Kier alpha value is -0.840. The first kappa shape index (κ1) is 11.6. The van der Waals surface area contributed by atoms with Crippen LogP contribution in [-0.4, -0.2) is 22.8 Å². The summed E-state index contributed by atoms with van der Waals surface area (Å²) in [6.07, 6.45) is 0. The third kappa shape index (κ3) is 2.14. The van der Waals surface area contributed by atoms with Crippen molar-refractivity contribution in [1.82, 2.24) is 9.55 Å². The molecule has 0 spiro atoms.